The SMILES string of the molecule is CC#CCn1c(N2CCNCC2OC(=O)C(F)(F)F)nc2c1c(=O)n(C)c(=O)n2CC1CCCO1. The lowest BCUT2D eigenvalue weighted by atomic mass is 10.2. The molecule has 2 aliphatic heterocycles. The number of fused-ring (bicyclic) bond motifs is 1. The molecule has 2 unspecified atom stereocenters. The third kappa shape index (κ3) is 4.78. The third-order valence-corrected chi connectivity index (χ3v) is 5.96. The fourth-order valence-electron chi connectivity index (χ4n) is 4.23. The minimum Gasteiger partial charge on any atom is -0.433 e. The molecular formula is C21H25F3N6O5. The molecule has 4 rings (SSSR count). The number of alkyl halides is 3. The lowest BCUT2D eigenvalue weighted by Crippen LogP contribution is -2.55. The predicted molar refractivity (Wildman–Crippen MR) is 118 cm³/mol. The topological polar surface area (TPSA) is 113 Å². The minimum absolute atomic E-state index is 0.0143. The van der Waals surface area contributed by atoms with Gasteiger partial charge in [0.05, 0.1) is 25.7 Å². The first-order valence-corrected chi connectivity index (χ1v) is 11.1. The number of halogens is 3. The molecule has 2 aromatic rings. The second kappa shape index (κ2) is 9.74. The van der Waals surface area contributed by atoms with Gasteiger partial charge in [0.25, 0.3) is 5.56 Å². The number of piperazine rings is 1. The van der Waals surface area contributed by atoms with Crippen molar-refractivity contribution >= 4 is 23.1 Å². The Balaban J connectivity index is 1.88. The molecular weight excluding hydrogens is 473 g/mol. The number of carbonyl (C=O) groups excluding carboxylic acids is 1. The summed E-state index contributed by atoms with van der Waals surface area (Å²) in [6, 6.07) is 0. The normalized spacial score (nSPS) is 20.7. The molecule has 2 aromatic heterocycles. The van der Waals surface area contributed by atoms with Gasteiger partial charge >= 0.3 is 17.8 Å². The molecule has 0 aromatic carbocycles. The molecule has 2 saturated heterocycles. The summed E-state index contributed by atoms with van der Waals surface area (Å²) in [7, 11) is 1.34. The van der Waals surface area contributed by atoms with Crippen molar-refractivity contribution in [3.63, 3.8) is 0 Å². The Morgan fingerprint density at radius 2 is 2.09 bits per heavy atom. The molecule has 2 aliphatic rings. The second-order valence-corrected chi connectivity index (χ2v) is 8.24. The molecule has 2 atom stereocenters. The van der Waals surface area contributed by atoms with Gasteiger partial charge in [-0.1, -0.05) is 5.92 Å². The van der Waals surface area contributed by atoms with E-state index in [1.54, 1.807) is 6.92 Å². The number of aromatic nitrogens is 4. The second-order valence-electron chi connectivity index (χ2n) is 8.24. The zero-order valence-electron chi connectivity index (χ0n) is 19.2. The maximum absolute atomic E-state index is 13.2. The van der Waals surface area contributed by atoms with E-state index < -0.39 is 29.6 Å². The molecule has 0 spiro atoms. The van der Waals surface area contributed by atoms with E-state index in [1.807, 2.05) is 0 Å². The van der Waals surface area contributed by atoms with E-state index in [9.17, 15) is 27.6 Å². The Morgan fingerprint density at radius 1 is 1.31 bits per heavy atom. The summed E-state index contributed by atoms with van der Waals surface area (Å²) in [5.74, 6) is 3.30. The van der Waals surface area contributed by atoms with Gasteiger partial charge < -0.3 is 19.7 Å². The number of anilines is 1. The fraction of sp³-hybridized carbons (Fsp3) is 0.619. The zero-order valence-corrected chi connectivity index (χ0v) is 19.2. The van der Waals surface area contributed by atoms with Crippen molar-refractivity contribution in [3.05, 3.63) is 20.8 Å². The molecule has 0 radical (unpaired) electrons. The van der Waals surface area contributed by atoms with Gasteiger partial charge in [-0.15, -0.1) is 5.92 Å². The number of imidazole rings is 1. The van der Waals surface area contributed by atoms with Crippen molar-refractivity contribution in [3.8, 4) is 11.8 Å². The van der Waals surface area contributed by atoms with Crippen LogP contribution in [0, 0.1) is 11.8 Å². The Labute approximate surface area is 197 Å². The molecule has 4 heterocycles. The lowest BCUT2D eigenvalue weighted by molar-refractivity contribution is -0.205. The zero-order chi connectivity index (χ0) is 25.3. The highest BCUT2D eigenvalue weighted by Crippen LogP contribution is 2.26. The summed E-state index contributed by atoms with van der Waals surface area (Å²) < 4.78 is 52.8. The highest BCUT2D eigenvalue weighted by atomic mass is 19.4. The summed E-state index contributed by atoms with van der Waals surface area (Å²) >= 11 is 0. The van der Waals surface area contributed by atoms with Crippen molar-refractivity contribution < 1.29 is 27.4 Å². The van der Waals surface area contributed by atoms with Crippen LogP contribution in [-0.2, 0) is 34.4 Å². The number of ether oxygens (including phenoxy) is 2. The minimum atomic E-state index is -5.17. The van der Waals surface area contributed by atoms with Crippen molar-refractivity contribution in [2.45, 2.75) is 51.4 Å². The maximum Gasteiger partial charge on any atom is 0.491 e. The monoisotopic (exact) mass is 498 g/mol. The average Bonchev–Trinajstić information content (AvgIpc) is 3.46. The Morgan fingerprint density at radius 3 is 2.74 bits per heavy atom. The largest absolute Gasteiger partial charge is 0.491 e. The summed E-state index contributed by atoms with van der Waals surface area (Å²) in [5, 5.41) is 2.89. The van der Waals surface area contributed by atoms with Crippen LogP contribution in [0.3, 0.4) is 0 Å². The number of hydrogen-bond donors (Lipinski definition) is 1. The van der Waals surface area contributed by atoms with Crippen molar-refractivity contribution in [1.82, 2.24) is 24.0 Å². The van der Waals surface area contributed by atoms with Crippen molar-refractivity contribution in [1.29, 1.82) is 0 Å². The van der Waals surface area contributed by atoms with Crippen LogP contribution >= 0.6 is 0 Å². The Hall–Kier alpha value is -3.31. The average molecular weight is 498 g/mol. The Kier molecular flexibility index (Phi) is 6.91. The van der Waals surface area contributed by atoms with E-state index in [0.29, 0.717) is 13.2 Å². The van der Waals surface area contributed by atoms with Crippen LogP contribution in [0.15, 0.2) is 9.59 Å². The van der Waals surface area contributed by atoms with Gasteiger partial charge in [0.15, 0.2) is 17.4 Å². The van der Waals surface area contributed by atoms with E-state index >= 15 is 0 Å². The highest BCUT2D eigenvalue weighted by molar-refractivity contribution is 5.77. The number of nitrogens with zero attached hydrogens (tertiary/aromatic N) is 5. The molecule has 11 nitrogen and oxygen atoms in total. The third-order valence-electron chi connectivity index (χ3n) is 5.96. The Bertz CT molecular complexity index is 1300. The molecule has 0 saturated carbocycles. The van der Waals surface area contributed by atoms with E-state index in [-0.39, 0.29) is 49.4 Å². The van der Waals surface area contributed by atoms with Gasteiger partial charge in [0.1, 0.15) is 0 Å². The van der Waals surface area contributed by atoms with Crippen LogP contribution in [0.4, 0.5) is 19.1 Å². The maximum atomic E-state index is 13.2. The quantitative estimate of drug-likeness (QED) is 0.451. The van der Waals surface area contributed by atoms with E-state index in [4.69, 9.17) is 9.47 Å². The van der Waals surface area contributed by atoms with E-state index in [1.165, 1.54) is 21.1 Å². The van der Waals surface area contributed by atoms with Gasteiger partial charge in [0.2, 0.25) is 5.95 Å². The fourth-order valence-corrected chi connectivity index (χ4v) is 4.23. The lowest BCUT2D eigenvalue weighted by Gasteiger charge is -2.36. The smallest absolute Gasteiger partial charge is 0.433 e. The number of nitrogens with one attached hydrogen (secondary N) is 1. The number of rotatable bonds is 5. The number of esters is 1. The number of carbonyl (C=O) groups is 1. The van der Waals surface area contributed by atoms with Gasteiger partial charge in [0, 0.05) is 26.7 Å². The standard InChI is InChI=1S/C21H25F3N6O5/c1-3-4-8-29-15-16(30(12-13-6-5-10-34-13)20(33)27(2)17(15)31)26-19(29)28-9-7-25-11-14(28)35-18(32)21(22,23)24/h13-14,25H,5-12H2,1-2H3. The summed E-state index contributed by atoms with van der Waals surface area (Å²) in [6.07, 6.45) is -5.18. The van der Waals surface area contributed by atoms with Crippen LogP contribution in [-0.4, -0.2) is 69.4 Å². The molecule has 35 heavy (non-hydrogen) atoms. The van der Waals surface area contributed by atoms with Crippen LogP contribution < -0.4 is 21.5 Å². The molecule has 0 amide bonds. The predicted octanol–water partition coefficient (Wildman–Crippen LogP) is -0.0598. The molecule has 14 heteroatoms. The van der Waals surface area contributed by atoms with Crippen LogP contribution in [0.25, 0.3) is 11.2 Å². The molecule has 0 aliphatic carbocycles. The first-order chi connectivity index (χ1) is 16.6. The van der Waals surface area contributed by atoms with Crippen molar-refractivity contribution in [2.24, 2.45) is 7.05 Å². The van der Waals surface area contributed by atoms with Gasteiger partial charge in [-0.25, -0.2) is 9.59 Å². The van der Waals surface area contributed by atoms with Gasteiger partial charge in [-0.2, -0.15) is 18.2 Å². The summed E-state index contributed by atoms with van der Waals surface area (Å²) in [6.45, 7) is 2.72. The summed E-state index contributed by atoms with van der Waals surface area (Å²) in [5.41, 5.74) is -1.07. The molecule has 1 N–H and O–H groups in total. The van der Waals surface area contributed by atoms with Crippen LogP contribution in [0.1, 0.15) is 19.8 Å². The van der Waals surface area contributed by atoms with Crippen LogP contribution in [0.2, 0.25) is 0 Å². The van der Waals surface area contributed by atoms with Gasteiger partial charge in [-0.3, -0.25) is 18.5 Å². The molecule has 190 valence electrons. The first-order valence-electron chi connectivity index (χ1n) is 11.1. The first kappa shape index (κ1) is 24.8. The van der Waals surface area contributed by atoms with E-state index in [2.05, 4.69) is 22.1 Å². The van der Waals surface area contributed by atoms with E-state index in [0.717, 1.165) is 17.4 Å². The molecule has 2 fully saturated rings. The summed E-state index contributed by atoms with van der Waals surface area (Å²) in [4.78, 5) is 43.6. The van der Waals surface area contributed by atoms with Crippen LogP contribution in [0.5, 0.6) is 0 Å². The highest BCUT2D eigenvalue weighted by Gasteiger charge is 2.44. The number of hydrogen-bond acceptors (Lipinski definition) is 8. The molecule has 0 bridgehead atoms. The van der Waals surface area contributed by atoms with Gasteiger partial charge in [-0.05, 0) is 19.8 Å². The van der Waals surface area contributed by atoms with Crippen molar-refractivity contribution in [2.75, 3.05) is 31.1 Å².